The van der Waals surface area contributed by atoms with Crippen LogP contribution in [0.5, 0.6) is 11.8 Å². The Bertz CT molecular complexity index is 731. The SMILES string of the molecule is C/C=C/C=C/C(=O)Nc1cccc(Oc2nc(C)cc(C)n2)c1. The fraction of sp³-hybridized carbons (Fsp3) is 0.167. The van der Waals surface area contributed by atoms with Crippen LogP contribution in [0.4, 0.5) is 5.69 Å². The molecule has 5 heteroatoms. The topological polar surface area (TPSA) is 64.1 Å². The van der Waals surface area contributed by atoms with Crippen molar-refractivity contribution in [2.24, 2.45) is 0 Å². The number of allylic oxidation sites excluding steroid dienone is 3. The lowest BCUT2D eigenvalue weighted by Crippen LogP contribution is -2.07. The zero-order valence-electron chi connectivity index (χ0n) is 13.4. The summed E-state index contributed by atoms with van der Waals surface area (Å²) in [5.74, 6) is 0.355. The maximum atomic E-state index is 11.7. The molecule has 1 heterocycles. The predicted molar refractivity (Wildman–Crippen MR) is 90.6 cm³/mol. The van der Waals surface area contributed by atoms with Crippen LogP contribution in [0.25, 0.3) is 0 Å². The van der Waals surface area contributed by atoms with Crippen LogP contribution in [0.3, 0.4) is 0 Å². The minimum atomic E-state index is -0.206. The summed E-state index contributed by atoms with van der Waals surface area (Å²) in [5, 5.41) is 2.77. The number of hydrogen-bond donors (Lipinski definition) is 1. The highest BCUT2D eigenvalue weighted by atomic mass is 16.5. The number of ether oxygens (including phenoxy) is 1. The van der Waals surface area contributed by atoms with Crippen molar-refractivity contribution >= 4 is 11.6 Å². The predicted octanol–water partition coefficient (Wildman–Crippen LogP) is 3.96. The van der Waals surface area contributed by atoms with Crippen molar-refractivity contribution in [3.05, 3.63) is 66.0 Å². The number of hydrogen-bond acceptors (Lipinski definition) is 4. The molecule has 0 aliphatic carbocycles. The van der Waals surface area contributed by atoms with E-state index in [1.54, 1.807) is 36.4 Å². The van der Waals surface area contributed by atoms with Gasteiger partial charge in [0.25, 0.3) is 0 Å². The molecule has 1 amide bonds. The van der Waals surface area contributed by atoms with E-state index < -0.39 is 0 Å². The van der Waals surface area contributed by atoms with Crippen molar-refractivity contribution < 1.29 is 9.53 Å². The molecule has 2 aromatic rings. The number of aryl methyl sites for hydroxylation is 2. The van der Waals surface area contributed by atoms with Gasteiger partial charge in [0, 0.05) is 29.2 Å². The summed E-state index contributed by atoms with van der Waals surface area (Å²) in [6.45, 7) is 5.66. The van der Waals surface area contributed by atoms with Gasteiger partial charge in [0.05, 0.1) is 0 Å². The van der Waals surface area contributed by atoms with Crippen molar-refractivity contribution in [3.63, 3.8) is 0 Å². The van der Waals surface area contributed by atoms with Gasteiger partial charge in [0.2, 0.25) is 5.91 Å². The molecule has 0 fully saturated rings. The van der Waals surface area contributed by atoms with E-state index in [2.05, 4.69) is 15.3 Å². The molecule has 118 valence electrons. The average Bonchev–Trinajstić information content (AvgIpc) is 2.46. The summed E-state index contributed by atoms with van der Waals surface area (Å²) in [4.78, 5) is 20.2. The first-order chi connectivity index (χ1) is 11.1. The zero-order valence-corrected chi connectivity index (χ0v) is 13.4. The molecule has 0 aliphatic heterocycles. The number of anilines is 1. The third-order valence-corrected chi connectivity index (χ3v) is 2.82. The summed E-state index contributed by atoms with van der Waals surface area (Å²) >= 11 is 0. The second-order valence-electron chi connectivity index (χ2n) is 4.94. The number of carbonyl (C=O) groups is 1. The summed E-state index contributed by atoms with van der Waals surface area (Å²) < 4.78 is 5.66. The molecule has 2 rings (SSSR count). The number of rotatable bonds is 5. The van der Waals surface area contributed by atoms with Crippen LogP contribution in [-0.2, 0) is 4.79 Å². The van der Waals surface area contributed by atoms with Gasteiger partial charge in [-0.3, -0.25) is 4.79 Å². The summed E-state index contributed by atoms with van der Waals surface area (Å²) in [5.41, 5.74) is 2.32. The van der Waals surface area contributed by atoms with Gasteiger partial charge in [-0.1, -0.05) is 24.3 Å². The second-order valence-corrected chi connectivity index (χ2v) is 4.94. The Morgan fingerprint density at radius 2 is 1.87 bits per heavy atom. The van der Waals surface area contributed by atoms with Crippen molar-refractivity contribution in [1.82, 2.24) is 9.97 Å². The lowest BCUT2D eigenvalue weighted by Gasteiger charge is -2.07. The smallest absolute Gasteiger partial charge is 0.322 e. The molecular formula is C18H19N3O2. The molecule has 0 spiro atoms. The maximum absolute atomic E-state index is 11.7. The molecule has 0 unspecified atom stereocenters. The Morgan fingerprint density at radius 3 is 2.57 bits per heavy atom. The fourth-order valence-corrected chi connectivity index (χ4v) is 1.92. The van der Waals surface area contributed by atoms with E-state index >= 15 is 0 Å². The highest BCUT2D eigenvalue weighted by Crippen LogP contribution is 2.22. The molecule has 23 heavy (non-hydrogen) atoms. The number of carbonyl (C=O) groups excluding carboxylic acids is 1. The average molecular weight is 309 g/mol. The van der Waals surface area contributed by atoms with Crippen LogP contribution in [0, 0.1) is 13.8 Å². The molecular weight excluding hydrogens is 290 g/mol. The van der Waals surface area contributed by atoms with Gasteiger partial charge < -0.3 is 10.1 Å². The van der Waals surface area contributed by atoms with Crippen molar-refractivity contribution in [3.8, 4) is 11.8 Å². The molecule has 0 saturated carbocycles. The van der Waals surface area contributed by atoms with Crippen LogP contribution in [-0.4, -0.2) is 15.9 Å². The van der Waals surface area contributed by atoms with Crippen LogP contribution in [0.2, 0.25) is 0 Å². The van der Waals surface area contributed by atoms with E-state index in [9.17, 15) is 4.79 Å². The number of nitrogens with zero attached hydrogens (tertiary/aromatic N) is 2. The van der Waals surface area contributed by atoms with E-state index in [4.69, 9.17) is 4.74 Å². The minimum absolute atomic E-state index is 0.206. The highest BCUT2D eigenvalue weighted by molar-refractivity contribution is 5.99. The zero-order chi connectivity index (χ0) is 16.7. The first kappa shape index (κ1) is 16.4. The highest BCUT2D eigenvalue weighted by Gasteiger charge is 2.04. The summed E-state index contributed by atoms with van der Waals surface area (Å²) in [6.07, 6.45) is 6.78. The maximum Gasteiger partial charge on any atom is 0.322 e. The Kier molecular flexibility index (Phi) is 5.63. The largest absolute Gasteiger partial charge is 0.424 e. The van der Waals surface area contributed by atoms with Gasteiger partial charge in [0.1, 0.15) is 5.75 Å². The molecule has 5 nitrogen and oxygen atoms in total. The summed E-state index contributed by atoms with van der Waals surface area (Å²) in [7, 11) is 0. The Balaban J connectivity index is 2.09. The quantitative estimate of drug-likeness (QED) is 0.671. The number of benzene rings is 1. The Morgan fingerprint density at radius 1 is 1.13 bits per heavy atom. The van der Waals surface area contributed by atoms with Gasteiger partial charge in [-0.2, -0.15) is 0 Å². The van der Waals surface area contributed by atoms with E-state index in [0.29, 0.717) is 17.4 Å². The molecule has 1 aromatic heterocycles. The van der Waals surface area contributed by atoms with Crippen molar-refractivity contribution in [2.75, 3.05) is 5.32 Å². The number of aromatic nitrogens is 2. The fourth-order valence-electron chi connectivity index (χ4n) is 1.92. The van der Waals surface area contributed by atoms with Crippen molar-refractivity contribution in [2.45, 2.75) is 20.8 Å². The third kappa shape index (κ3) is 5.39. The Hall–Kier alpha value is -2.95. The van der Waals surface area contributed by atoms with Crippen molar-refractivity contribution in [1.29, 1.82) is 0 Å². The first-order valence-corrected chi connectivity index (χ1v) is 7.27. The molecule has 1 N–H and O–H groups in total. The molecule has 0 radical (unpaired) electrons. The third-order valence-electron chi connectivity index (χ3n) is 2.82. The molecule has 0 atom stereocenters. The lowest BCUT2D eigenvalue weighted by molar-refractivity contribution is -0.111. The monoisotopic (exact) mass is 309 g/mol. The van der Waals surface area contributed by atoms with E-state index in [1.807, 2.05) is 32.9 Å². The van der Waals surface area contributed by atoms with Crippen LogP contribution >= 0.6 is 0 Å². The van der Waals surface area contributed by atoms with Crippen LogP contribution in [0.15, 0.2) is 54.6 Å². The van der Waals surface area contributed by atoms with Gasteiger partial charge in [-0.15, -0.1) is 0 Å². The van der Waals surface area contributed by atoms with E-state index in [-0.39, 0.29) is 5.91 Å². The standard InChI is InChI=1S/C18H19N3O2/c1-4-5-6-10-17(22)21-15-8-7-9-16(12-15)23-18-19-13(2)11-14(3)20-18/h4-12H,1-3H3,(H,21,22)/b5-4+,10-6+. The molecule has 0 bridgehead atoms. The number of amides is 1. The molecule has 0 saturated heterocycles. The van der Waals surface area contributed by atoms with Gasteiger partial charge in [0.15, 0.2) is 0 Å². The van der Waals surface area contributed by atoms with Gasteiger partial charge >= 0.3 is 6.01 Å². The lowest BCUT2D eigenvalue weighted by atomic mass is 10.3. The van der Waals surface area contributed by atoms with Crippen LogP contribution < -0.4 is 10.1 Å². The van der Waals surface area contributed by atoms with E-state index in [0.717, 1.165) is 11.4 Å². The second kappa shape index (κ2) is 7.89. The summed E-state index contributed by atoms with van der Waals surface area (Å²) in [6, 6.07) is 9.26. The first-order valence-electron chi connectivity index (χ1n) is 7.27. The van der Waals surface area contributed by atoms with Crippen LogP contribution in [0.1, 0.15) is 18.3 Å². The Labute approximate surface area is 135 Å². The van der Waals surface area contributed by atoms with Gasteiger partial charge in [-0.05, 0) is 39.0 Å². The van der Waals surface area contributed by atoms with E-state index in [1.165, 1.54) is 6.08 Å². The van der Waals surface area contributed by atoms with Gasteiger partial charge in [-0.25, -0.2) is 9.97 Å². The number of nitrogens with one attached hydrogen (secondary N) is 1. The molecule has 1 aromatic carbocycles. The molecule has 0 aliphatic rings. The minimum Gasteiger partial charge on any atom is -0.424 e. The normalized spacial score (nSPS) is 11.1.